The highest BCUT2D eigenvalue weighted by Gasteiger charge is 2.09. The molecule has 1 aliphatic rings. The maximum atomic E-state index is 11.9. The number of hydrogen-bond acceptors (Lipinski definition) is 3. The highest BCUT2D eigenvalue weighted by molar-refractivity contribution is 5.49. The number of hydrogen-bond donors (Lipinski definition) is 1. The SMILES string of the molecule is FCCCOc1ccc(N2CCCNCC2)cc1. The molecule has 0 radical (unpaired) electrons. The van der Waals surface area contributed by atoms with Crippen molar-refractivity contribution in [2.24, 2.45) is 0 Å². The molecule has 1 aromatic rings. The van der Waals surface area contributed by atoms with Crippen LogP contribution in [0.5, 0.6) is 5.75 Å². The Kier molecular flexibility index (Phi) is 5.27. The second-order valence-corrected chi connectivity index (χ2v) is 4.48. The van der Waals surface area contributed by atoms with E-state index in [1.165, 1.54) is 12.1 Å². The lowest BCUT2D eigenvalue weighted by molar-refractivity contribution is 0.289. The molecule has 0 atom stereocenters. The summed E-state index contributed by atoms with van der Waals surface area (Å²) < 4.78 is 17.4. The molecule has 1 heterocycles. The lowest BCUT2D eigenvalue weighted by Crippen LogP contribution is -2.27. The molecule has 0 spiro atoms. The van der Waals surface area contributed by atoms with Gasteiger partial charge in [-0.1, -0.05) is 0 Å². The number of alkyl halides is 1. The average molecular weight is 252 g/mol. The summed E-state index contributed by atoms with van der Waals surface area (Å²) in [7, 11) is 0. The van der Waals surface area contributed by atoms with Gasteiger partial charge in [0.25, 0.3) is 0 Å². The molecule has 1 aliphatic heterocycles. The van der Waals surface area contributed by atoms with Crippen molar-refractivity contribution < 1.29 is 9.13 Å². The summed E-state index contributed by atoms with van der Waals surface area (Å²) in [6, 6.07) is 8.09. The van der Waals surface area contributed by atoms with E-state index in [4.69, 9.17) is 4.74 Å². The summed E-state index contributed by atoms with van der Waals surface area (Å²) >= 11 is 0. The third-order valence-corrected chi connectivity index (χ3v) is 3.09. The van der Waals surface area contributed by atoms with Crippen LogP contribution in [0.2, 0.25) is 0 Å². The van der Waals surface area contributed by atoms with E-state index in [0.717, 1.165) is 31.9 Å². The quantitative estimate of drug-likeness (QED) is 0.813. The van der Waals surface area contributed by atoms with Gasteiger partial charge in [-0.2, -0.15) is 0 Å². The van der Waals surface area contributed by atoms with Crippen molar-refractivity contribution in [3.05, 3.63) is 24.3 Å². The van der Waals surface area contributed by atoms with E-state index in [-0.39, 0.29) is 6.67 Å². The first-order valence-electron chi connectivity index (χ1n) is 6.64. The van der Waals surface area contributed by atoms with Gasteiger partial charge in [0.05, 0.1) is 13.3 Å². The van der Waals surface area contributed by atoms with Crippen LogP contribution in [-0.2, 0) is 0 Å². The van der Waals surface area contributed by atoms with Crippen LogP contribution in [-0.4, -0.2) is 39.5 Å². The largest absolute Gasteiger partial charge is 0.493 e. The van der Waals surface area contributed by atoms with Crippen LogP contribution >= 0.6 is 0 Å². The van der Waals surface area contributed by atoms with E-state index in [2.05, 4.69) is 22.3 Å². The van der Waals surface area contributed by atoms with Crippen LogP contribution in [0.15, 0.2) is 24.3 Å². The molecule has 0 unspecified atom stereocenters. The molecule has 1 fully saturated rings. The van der Waals surface area contributed by atoms with Crippen molar-refractivity contribution in [2.45, 2.75) is 12.8 Å². The van der Waals surface area contributed by atoms with Gasteiger partial charge in [-0.25, -0.2) is 0 Å². The first-order valence-corrected chi connectivity index (χ1v) is 6.64. The Morgan fingerprint density at radius 2 is 2.00 bits per heavy atom. The topological polar surface area (TPSA) is 24.5 Å². The van der Waals surface area contributed by atoms with Crippen LogP contribution in [0.4, 0.5) is 10.1 Å². The highest BCUT2D eigenvalue weighted by atomic mass is 19.1. The first-order chi connectivity index (χ1) is 8.90. The van der Waals surface area contributed by atoms with Crippen molar-refractivity contribution in [1.29, 1.82) is 0 Å². The highest BCUT2D eigenvalue weighted by Crippen LogP contribution is 2.20. The van der Waals surface area contributed by atoms with E-state index in [9.17, 15) is 4.39 Å². The van der Waals surface area contributed by atoms with Crippen LogP contribution in [0.3, 0.4) is 0 Å². The summed E-state index contributed by atoms with van der Waals surface area (Å²) in [6.45, 7) is 4.40. The summed E-state index contributed by atoms with van der Waals surface area (Å²) in [5.41, 5.74) is 1.23. The lowest BCUT2D eigenvalue weighted by Gasteiger charge is -2.22. The molecule has 1 N–H and O–H groups in total. The van der Waals surface area contributed by atoms with Crippen LogP contribution in [0, 0.1) is 0 Å². The van der Waals surface area contributed by atoms with E-state index >= 15 is 0 Å². The molecule has 1 aromatic carbocycles. The molecular weight excluding hydrogens is 231 g/mol. The fraction of sp³-hybridized carbons (Fsp3) is 0.571. The van der Waals surface area contributed by atoms with Gasteiger partial charge in [0.1, 0.15) is 5.75 Å². The first kappa shape index (κ1) is 13.1. The van der Waals surface area contributed by atoms with Crippen molar-refractivity contribution in [2.75, 3.05) is 44.4 Å². The third kappa shape index (κ3) is 3.88. The van der Waals surface area contributed by atoms with Gasteiger partial charge < -0.3 is 15.0 Å². The Balaban J connectivity index is 1.89. The smallest absolute Gasteiger partial charge is 0.119 e. The molecule has 1 saturated heterocycles. The van der Waals surface area contributed by atoms with Gasteiger partial charge in [0.2, 0.25) is 0 Å². The predicted molar refractivity (Wildman–Crippen MR) is 72.2 cm³/mol. The summed E-state index contributed by atoms with van der Waals surface area (Å²) in [5, 5.41) is 3.39. The Labute approximate surface area is 108 Å². The average Bonchev–Trinajstić information content (AvgIpc) is 2.69. The number of halogens is 1. The molecule has 2 rings (SSSR count). The molecule has 0 amide bonds. The predicted octanol–water partition coefficient (Wildman–Crippen LogP) is 2.22. The van der Waals surface area contributed by atoms with Gasteiger partial charge in [0.15, 0.2) is 0 Å². The fourth-order valence-electron chi connectivity index (χ4n) is 2.10. The summed E-state index contributed by atoms with van der Waals surface area (Å²) in [5.74, 6) is 0.820. The van der Waals surface area contributed by atoms with E-state index in [1.54, 1.807) is 0 Å². The van der Waals surface area contributed by atoms with Crippen molar-refractivity contribution in [3.63, 3.8) is 0 Å². The second kappa shape index (κ2) is 7.21. The Morgan fingerprint density at radius 3 is 2.78 bits per heavy atom. The number of nitrogens with one attached hydrogen (secondary N) is 1. The second-order valence-electron chi connectivity index (χ2n) is 4.48. The van der Waals surface area contributed by atoms with Gasteiger partial charge in [-0.05, 0) is 37.2 Å². The third-order valence-electron chi connectivity index (χ3n) is 3.09. The van der Waals surface area contributed by atoms with E-state index in [1.807, 2.05) is 12.1 Å². The standard InChI is InChI=1S/C14H21FN2O/c15-7-1-12-18-14-5-3-13(4-6-14)17-10-2-8-16-9-11-17/h3-6,16H,1-2,7-12H2. The number of anilines is 1. The Morgan fingerprint density at radius 1 is 1.17 bits per heavy atom. The molecule has 0 saturated carbocycles. The molecule has 0 aromatic heterocycles. The number of benzene rings is 1. The van der Waals surface area contributed by atoms with Crippen LogP contribution < -0.4 is 15.0 Å². The minimum absolute atomic E-state index is 0.321. The minimum atomic E-state index is -0.321. The Hall–Kier alpha value is -1.29. The van der Waals surface area contributed by atoms with Crippen LogP contribution in [0.1, 0.15) is 12.8 Å². The number of nitrogens with zero attached hydrogens (tertiary/aromatic N) is 1. The van der Waals surface area contributed by atoms with Crippen molar-refractivity contribution >= 4 is 5.69 Å². The molecule has 3 nitrogen and oxygen atoms in total. The molecule has 100 valence electrons. The normalized spacial score (nSPS) is 16.4. The van der Waals surface area contributed by atoms with Gasteiger partial charge in [0, 0.05) is 31.7 Å². The molecular formula is C14H21FN2O. The minimum Gasteiger partial charge on any atom is -0.493 e. The monoisotopic (exact) mass is 252 g/mol. The van der Waals surface area contributed by atoms with E-state index in [0.29, 0.717) is 13.0 Å². The number of rotatable bonds is 5. The van der Waals surface area contributed by atoms with Gasteiger partial charge >= 0.3 is 0 Å². The number of ether oxygens (including phenoxy) is 1. The molecule has 18 heavy (non-hydrogen) atoms. The summed E-state index contributed by atoms with van der Waals surface area (Å²) in [6.07, 6.45) is 1.63. The fourth-order valence-corrected chi connectivity index (χ4v) is 2.10. The van der Waals surface area contributed by atoms with Gasteiger partial charge in [-0.15, -0.1) is 0 Å². The maximum Gasteiger partial charge on any atom is 0.119 e. The van der Waals surface area contributed by atoms with Gasteiger partial charge in [-0.3, -0.25) is 4.39 Å². The van der Waals surface area contributed by atoms with E-state index < -0.39 is 0 Å². The zero-order valence-corrected chi connectivity index (χ0v) is 10.7. The zero-order chi connectivity index (χ0) is 12.6. The maximum absolute atomic E-state index is 11.9. The molecule has 0 bridgehead atoms. The lowest BCUT2D eigenvalue weighted by atomic mass is 10.2. The summed E-state index contributed by atoms with van der Waals surface area (Å²) in [4.78, 5) is 2.38. The molecule has 4 heteroatoms. The van der Waals surface area contributed by atoms with Crippen molar-refractivity contribution in [1.82, 2.24) is 5.32 Å². The zero-order valence-electron chi connectivity index (χ0n) is 10.7. The molecule has 0 aliphatic carbocycles. The van der Waals surface area contributed by atoms with Crippen LogP contribution in [0.25, 0.3) is 0 Å². The Bertz CT molecular complexity index is 334. The van der Waals surface area contributed by atoms with Crippen molar-refractivity contribution in [3.8, 4) is 5.75 Å².